The maximum atomic E-state index is 12.1. The first-order valence-electron chi connectivity index (χ1n) is 5.80. The van der Waals surface area contributed by atoms with Crippen molar-refractivity contribution >= 4 is 29.1 Å². The van der Waals surface area contributed by atoms with Gasteiger partial charge in [-0.3, -0.25) is 4.79 Å². The summed E-state index contributed by atoms with van der Waals surface area (Å²) in [6.07, 6.45) is 1.50. The molecule has 1 aromatic heterocycles. The van der Waals surface area contributed by atoms with E-state index in [1.165, 1.54) is 6.20 Å². The van der Waals surface area contributed by atoms with E-state index in [9.17, 15) is 4.79 Å². The Morgan fingerprint density at radius 1 is 1.37 bits per heavy atom. The van der Waals surface area contributed by atoms with Crippen molar-refractivity contribution in [3.05, 3.63) is 46.7 Å². The number of hydrogen-bond acceptors (Lipinski definition) is 4. The van der Waals surface area contributed by atoms with Gasteiger partial charge in [0.1, 0.15) is 5.92 Å². The first-order chi connectivity index (χ1) is 9.20. The van der Waals surface area contributed by atoms with Gasteiger partial charge >= 0.3 is 0 Å². The van der Waals surface area contributed by atoms with E-state index in [0.717, 1.165) is 11.3 Å². The van der Waals surface area contributed by atoms with Crippen LogP contribution in [0.15, 0.2) is 30.5 Å². The van der Waals surface area contributed by atoms with Crippen molar-refractivity contribution in [1.82, 2.24) is 9.97 Å². The van der Waals surface area contributed by atoms with Crippen LogP contribution in [-0.4, -0.2) is 22.9 Å². The Morgan fingerprint density at radius 3 is 2.95 bits per heavy atom. The number of rotatable bonds is 2. The molecule has 2 N–H and O–H groups in total. The molecule has 1 unspecified atom stereocenters. The summed E-state index contributed by atoms with van der Waals surface area (Å²) >= 11 is 6.13. The molecule has 5 nitrogen and oxygen atoms in total. The SMILES string of the molecule is CNc1ncc(Cl)c(C2C(=O)Nc3ccccc32)n1. The highest BCUT2D eigenvalue weighted by molar-refractivity contribution is 6.31. The molecule has 19 heavy (non-hydrogen) atoms. The molecule has 0 saturated heterocycles. The molecule has 0 spiro atoms. The molecule has 0 saturated carbocycles. The van der Waals surface area contributed by atoms with Crippen molar-refractivity contribution in [3.63, 3.8) is 0 Å². The minimum absolute atomic E-state index is 0.121. The Balaban J connectivity index is 2.14. The van der Waals surface area contributed by atoms with E-state index in [0.29, 0.717) is 16.7 Å². The van der Waals surface area contributed by atoms with Crippen molar-refractivity contribution in [1.29, 1.82) is 0 Å². The molecule has 0 radical (unpaired) electrons. The molecule has 0 bridgehead atoms. The Bertz CT molecular complexity index is 659. The molecule has 1 aromatic carbocycles. The highest BCUT2D eigenvalue weighted by atomic mass is 35.5. The van der Waals surface area contributed by atoms with Crippen LogP contribution in [0.1, 0.15) is 17.2 Å². The minimum Gasteiger partial charge on any atom is -0.357 e. The van der Waals surface area contributed by atoms with Crippen LogP contribution in [0.3, 0.4) is 0 Å². The number of aromatic nitrogens is 2. The van der Waals surface area contributed by atoms with Crippen LogP contribution in [0.4, 0.5) is 11.6 Å². The summed E-state index contributed by atoms with van der Waals surface area (Å²) in [4.78, 5) is 20.5. The predicted molar refractivity (Wildman–Crippen MR) is 73.5 cm³/mol. The number of carbonyl (C=O) groups is 1. The standard InChI is InChI=1S/C13H11ClN4O/c1-15-13-16-6-8(14)11(18-13)10-7-4-2-3-5-9(7)17-12(10)19/h2-6,10H,1H3,(H,17,19)(H,15,16,18). The van der Waals surface area contributed by atoms with Gasteiger partial charge in [-0.05, 0) is 11.6 Å². The molecular formula is C13H11ClN4O. The molecule has 6 heteroatoms. The minimum atomic E-state index is -0.487. The maximum Gasteiger partial charge on any atom is 0.238 e. The number of fused-ring (bicyclic) bond motifs is 1. The summed E-state index contributed by atoms with van der Waals surface area (Å²) in [6, 6.07) is 7.53. The van der Waals surface area contributed by atoms with E-state index in [-0.39, 0.29) is 5.91 Å². The average Bonchev–Trinajstić information content (AvgIpc) is 2.75. The zero-order valence-corrected chi connectivity index (χ0v) is 10.9. The van der Waals surface area contributed by atoms with Crippen molar-refractivity contribution in [2.24, 2.45) is 0 Å². The van der Waals surface area contributed by atoms with Crippen LogP contribution in [0.25, 0.3) is 0 Å². The van der Waals surface area contributed by atoms with Gasteiger partial charge in [0.25, 0.3) is 0 Å². The first-order valence-corrected chi connectivity index (χ1v) is 6.18. The number of amides is 1. The number of nitrogens with one attached hydrogen (secondary N) is 2. The number of carbonyl (C=O) groups excluding carboxylic acids is 1. The number of halogens is 1. The molecule has 2 aromatic rings. The van der Waals surface area contributed by atoms with Crippen molar-refractivity contribution in [3.8, 4) is 0 Å². The number of anilines is 2. The van der Waals surface area contributed by atoms with Gasteiger partial charge in [0, 0.05) is 12.7 Å². The smallest absolute Gasteiger partial charge is 0.238 e. The third-order valence-electron chi connectivity index (χ3n) is 3.06. The summed E-state index contributed by atoms with van der Waals surface area (Å²) in [5, 5.41) is 6.06. The quantitative estimate of drug-likeness (QED) is 0.881. The Hall–Kier alpha value is -2.14. The molecule has 3 rings (SSSR count). The third kappa shape index (κ3) is 1.92. The summed E-state index contributed by atoms with van der Waals surface area (Å²) in [5.41, 5.74) is 2.21. The summed E-state index contributed by atoms with van der Waals surface area (Å²) in [7, 11) is 1.72. The van der Waals surface area contributed by atoms with E-state index in [1.54, 1.807) is 7.05 Å². The van der Waals surface area contributed by atoms with Gasteiger partial charge in [-0.25, -0.2) is 9.97 Å². The monoisotopic (exact) mass is 274 g/mol. The van der Waals surface area contributed by atoms with Crippen molar-refractivity contribution in [2.75, 3.05) is 17.7 Å². The lowest BCUT2D eigenvalue weighted by molar-refractivity contribution is -0.116. The fourth-order valence-corrected chi connectivity index (χ4v) is 2.38. The van der Waals surface area contributed by atoms with Gasteiger partial charge in [0.2, 0.25) is 11.9 Å². The van der Waals surface area contributed by atoms with E-state index >= 15 is 0 Å². The normalized spacial score (nSPS) is 16.9. The second-order valence-electron chi connectivity index (χ2n) is 4.19. The van der Waals surface area contributed by atoms with Gasteiger partial charge in [-0.2, -0.15) is 0 Å². The van der Waals surface area contributed by atoms with Crippen LogP contribution in [0.5, 0.6) is 0 Å². The zero-order valence-electron chi connectivity index (χ0n) is 10.1. The number of nitrogens with zero attached hydrogens (tertiary/aromatic N) is 2. The van der Waals surface area contributed by atoms with Crippen LogP contribution in [0, 0.1) is 0 Å². The highest BCUT2D eigenvalue weighted by Gasteiger charge is 2.34. The summed E-state index contributed by atoms with van der Waals surface area (Å²) < 4.78 is 0. The number of para-hydroxylation sites is 1. The lowest BCUT2D eigenvalue weighted by Gasteiger charge is -2.11. The van der Waals surface area contributed by atoms with Gasteiger partial charge in [-0.15, -0.1) is 0 Å². The van der Waals surface area contributed by atoms with E-state index in [4.69, 9.17) is 11.6 Å². The van der Waals surface area contributed by atoms with Gasteiger partial charge < -0.3 is 10.6 Å². The van der Waals surface area contributed by atoms with Crippen LogP contribution >= 0.6 is 11.6 Å². The lowest BCUT2D eigenvalue weighted by Crippen LogP contribution is -2.16. The van der Waals surface area contributed by atoms with Crippen LogP contribution < -0.4 is 10.6 Å². The second kappa shape index (κ2) is 4.51. The molecule has 0 aliphatic carbocycles. The lowest BCUT2D eigenvalue weighted by atomic mass is 9.97. The topological polar surface area (TPSA) is 66.9 Å². The average molecular weight is 275 g/mol. The predicted octanol–water partition coefficient (Wildman–Crippen LogP) is 2.26. The van der Waals surface area contributed by atoms with Gasteiger partial charge in [0.05, 0.1) is 16.9 Å². The van der Waals surface area contributed by atoms with Crippen molar-refractivity contribution in [2.45, 2.75) is 5.92 Å². The largest absolute Gasteiger partial charge is 0.357 e. The molecule has 96 valence electrons. The fraction of sp³-hybridized carbons (Fsp3) is 0.154. The molecule has 1 aliphatic rings. The molecular weight excluding hydrogens is 264 g/mol. The summed E-state index contributed by atoms with van der Waals surface area (Å²) in [6.45, 7) is 0. The molecule has 1 amide bonds. The molecule has 1 aliphatic heterocycles. The van der Waals surface area contributed by atoms with E-state index < -0.39 is 5.92 Å². The van der Waals surface area contributed by atoms with Crippen LogP contribution in [-0.2, 0) is 4.79 Å². The third-order valence-corrected chi connectivity index (χ3v) is 3.35. The first kappa shape index (κ1) is 11.9. The van der Waals surface area contributed by atoms with Gasteiger partial charge in [0.15, 0.2) is 0 Å². The number of hydrogen-bond donors (Lipinski definition) is 2. The molecule has 1 atom stereocenters. The number of benzene rings is 1. The Labute approximate surface area is 115 Å². The maximum absolute atomic E-state index is 12.1. The van der Waals surface area contributed by atoms with E-state index in [1.807, 2.05) is 24.3 Å². The fourth-order valence-electron chi connectivity index (χ4n) is 2.18. The van der Waals surface area contributed by atoms with Crippen molar-refractivity contribution < 1.29 is 4.79 Å². The highest BCUT2D eigenvalue weighted by Crippen LogP contribution is 2.38. The zero-order chi connectivity index (χ0) is 13.4. The van der Waals surface area contributed by atoms with Gasteiger partial charge in [-0.1, -0.05) is 29.8 Å². The Morgan fingerprint density at radius 2 is 2.16 bits per heavy atom. The summed E-state index contributed by atoms with van der Waals surface area (Å²) in [5.74, 6) is -0.167. The second-order valence-corrected chi connectivity index (χ2v) is 4.59. The van der Waals surface area contributed by atoms with Crippen LogP contribution in [0.2, 0.25) is 5.02 Å². The van der Waals surface area contributed by atoms with E-state index in [2.05, 4.69) is 20.6 Å². The molecule has 2 heterocycles. The molecule has 0 fully saturated rings. The Kier molecular flexibility index (Phi) is 2.83.